The van der Waals surface area contributed by atoms with E-state index in [0.717, 1.165) is 21.9 Å². The van der Waals surface area contributed by atoms with Crippen LogP contribution in [-0.4, -0.2) is 160 Å². The van der Waals surface area contributed by atoms with Gasteiger partial charge in [0.15, 0.2) is 0 Å². The Labute approximate surface area is 614 Å². The van der Waals surface area contributed by atoms with Crippen LogP contribution in [0.15, 0.2) is 164 Å². The third-order valence-electron chi connectivity index (χ3n) is 18.0. The highest BCUT2D eigenvalue weighted by Gasteiger charge is 2.43. The molecular weight excluding hydrogens is 1300 g/mol. The number of carbonyl (C=O) groups excluding carboxylic acids is 9. The Bertz CT molecular complexity index is 5260. The van der Waals surface area contributed by atoms with Crippen molar-refractivity contribution in [1.29, 1.82) is 0 Å². The minimum absolute atomic E-state index is 0.00759. The first-order chi connectivity index (χ1) is 56.3. The summed E-state index contributed by atoms with van der Waals surface area (Å²) in [5, 5.41) is 8.02. The quantitative estimate of drug-likeness (QED) is 0.0774. The summed E-state index contributed by atoms with van der Waals surface area (Å²) in [7, 11) is 0. The molecule has 15 rings (SSSR count). The van der Waals surface area contributed by atoms with Gasteiger partial charge in [-0.05, 0) is 108 Å². The van der Waals surface area contributed by atoms with Crippen LogP contribution in [0.2, 0.25) is 0 Å². The van der Waals surface area contributed by atoms with E-state index < -0.39 is 115 Å². The van der Waals surface area contributed by atoms with Crippen molar-refractivity contribution in [2.75, 3.05) is 59.3 Å². The Morgan fingerprint density at radius 3 is 1.28 bits per heavy atom. The Balaban J connectivity index is 0.000000155. The molecule has 6 saturated heterocycles. The maximum Gasteiger partial charge on any atom is 0.255 e. The minimum atomic E-state index is -2.82. The lowest BCUT2D eigenvalue weighted by Crippen LogP contribution is -2.49. The lowest BCUT2D eigenvalue weighted by Gasteiger charge is -2.31. The summed E-state index contributed by atoms with van der Waals surface area (Å²) in [6.07, 6.45) is 2.87. The zero-order valence-electron chi connectivity index (χ0n) is 72.2. The van der Waals surface area contributed by atoms with E-state index in [4.69, 9.17) is 51.7 Å². The summed E-state index contributed by atoms with van der Waals surface area (Å²) >= 11 is 0. The van der Waals surface area contributed by atoms with Gasteiger partial charge in [-0.25, -0.2) is 0 Å². The molecule has 0 radical (unpaired) electrons. The number of nitrogens with zero attached hydrogens (tertiary/aromatic N) is 6. The molecule has 4 unspecified atom stereocenters. The van der Waals surface area contributed by atoms with Gasteiger partial charge in [0.05, 0.1) is 62.8 Å². The molecule has 0 aromatic heterocycles. The first kappa shape index (κ1) is 51.2. The van der Waals surface area contributed by atoms with E-state index in [1.54, 1.807) is 30.3 Å². The van der Waals surface area contributed by atoms with Crippen LogP contribution in [0.3, 0.4) is 0 Å². The van der Waals surface area contributed by atoms with Gasteiger partial charge in [0.2, 0.25) is 35.4 Å². The molecule has 0 bridgehead atoms. The van der Waals surface area contributed by atoms with Gasteiger partial charge in [-0.1, -0.05) is 110 Å². The van der Waals surface area contributed by atoms with Crippen LogP contribution in [0.5, 0.6) is 17.2 Å². The Kier molecular flexibility index (Phi) is 15.7. The molecule has 528 valence electrons. The number of allylic oxidation sites excluding steroid dienone is 3. The SMILES string of the molecule is [2H]c1c([2H])c(C([2H])([2H])Oc2cccc3c2CN(C2CCC(=C)NC2=O)C3=O)c([2H])c([2H])c1CN1CCOCC1=O.[2H]c1cc(C([2H])([2H])N2CCOCC2=O)c([2H])c([2H])c1COc1cccc2c1CN(C1CCC(=C)NC1=O)C2=O.[2H]c1cc(C([2H])([2H])Oc2cccc3c2CN(C2CCC(=C)NC2=O)C3=O)c([2H])c([2H])c1C([2H])N1CCOCC1=O. The molecule has 0 spiro atoms. The van der Waals surface area contributed by atoms with Gasteiger partial charge in [0.1, 0.15) is 74.9 Å². The third-order valence-corrected chi connectivity index (χ3v) is 18.0. The molecule has 0 aliphatic carbocycles. The van der Waals surface area contributed by atoms with Crippen molar-refractivity contribution in [3.05, 3.63) is 231 Å². The summed E-state index contributed by atoms with van der Waals surface area (Å²) in [6.45, 7) is 1.98. The van der Waals surface area contributed by atoms with Gasteiger partial charge in [0.25, 0.3) is 17.7 Å². The number of amides is 9. The predicted molar refractivity (Wildman–Crippen MR) is 371 cm³/mol. The summed E-state index contributed by atoms with van der Waals surface area (Å²) in [6, 6.07) is 9.36. The molecule has 6 aromatic rings. The van der Waals surface area contributed by atoms with Crippen molar-refractivity contribution in [3.63, 3.8) is 0 Å². The van der Waals surface area contributed by atoms with Crippen molar-refractivity contribution >= 4 is 53.2 Å². The standard InChI is InChI=1S/3C26H27N3O5/c3*1-17-5-10-22(25(31)27-17)29-14-21-20(26(29)32)3-2-4-23(21)34-15-19-8-6-18(7-9-19)13-28-11-12-33-16-24(28)30/h3*2-4,6-9,22H,1,5,10-16H2,(H,27,31)/i6D,7D,8D,13D,15D2;6D,7D,8D,9D,15D2;6D,8D,9D,13D2. The van der Waals surface area contributed by atoms with Crippen LogP contribution < -0.4 is 30.2 Å². The number of ether oxygens (including phenoxy) is 6. The van der Waals surface area contributed by atoms with Crippen molar-refractivity contribution in [1.82, 2.24) is 45.3 Å². The largest absolute Gasteiger partial charge is 0.489 e. The fourth-order valence-electron chi connectivity index (χ4n) is 12.6. The molecule has 0 saturated carbocycles. The maximum absolute atomic E-state index is 13.2. The van der Waals surface area contributed by atoms with Crippen molar-refractivity contribution in [2.24, 2.45) is 0 Å². The van der Waals surface area contributed by atoms with E-state index >= 15 is 0 Å². The maximum atomic E-state index is 13.2. The average molecular weight is 1400 g/mol. The topological polar surface area (TPSA) is 265 Å². The van der Waals surface area contributed by atoms with Gasteiger partial charge in [-0.15, -0.1) is 0 Å². The van der Waals surface area contributed by atoms with Crippen molar-refractivity contribution in [2.45, 2.75) is 116 Å². The second kappa shape index (κ2) is 31.3. The molecule has 9 amide bonds. The Hall–Kier alpha value is -11.0. The average Bonchev–Trinajstić information content (AvgIpc) is 1.54. The van der Waals surface area contributed by atoms with Crippen LogP contribution in [0, 0.1) is 0 Å². The lowest BCUT2D eigenvalue weighted by atomic mass is 10.0. The van der Waals surface area contributed by atoms with Gasteiger partial charge >= 0.3 is 0 Å². The number of morpholine rings is 3. The number of carbonyl (C=O) groups is 9. The molecule has 9 aliphatic rings. The third kappa shape index (κ3) is 15.9. The number of piperidine rings is 3. The van der Waals surface area contributed by atoms with E-state index in [1.807, 2.05) is 0 Å². The molecule has 9 heterocycles. The van der Waals surface area contributed by atoms with Gasteiger partial charge < -0.3 is 73.8 Å². The molecule has 9 aliphatic heterocycles. The normalized spacial score (nSPS) is 23.5. The smallest absolute Gasteiger partial charge is 0.255 e. The molecule has 3 N–H and O–H groups in total. The lowest BCUT2D eigenvalue weighted by molar-refractivity contribution is -0.144. The molecule has 6 aromatic carbocycles. The van der Waals surface area contributed by atoms with Gasteiger partial charge in [0, 0.05) is 89.7 Å². The van der Waals surface area contributed by atoms with Crippen molar-refractivity contribution < 1.29 is 94.9 Å². The van der Waals surface area contributed by atoms with Crippen LogP contribution >= 0.6 is 0 Å². The van der Waals surface area contributed by atoms with E-state index in [1.165, 1.54) is 43.9 Å². The monoisotopic (exact) mass is 1400 g/mol. The zero-order valence-corrected chi connectivity index (χ0v) is 55.2. The fraction of sp³-hybridized carbons (Fsp3) is 0.346. The highest BCUT2D eigenvalue weighted by Crippen LogP contribution is 2.38. The van der Waals surface area contributed by atoms with Crippen molar-refractivity contribution in [3.8, 4) is 17.2 Å². The van der Waals surface area contributed by atoms with E-state index in [9.17, 15) is 43.2 Å². The highest BCUT2D eigenvalue weighted by molar-refractivity contribution is 6.04. The second-order valence-corrected chi connectivity index (χ2v) is 24.8. The molecule has 6 fully saturated rings. The van der Waals surface area contributed by atoms with E-state index in [0.29, 0.717) is 83.6 Å². The summed E-state index contributed by atoms with van der Waals surface area (Å²) in [4.78, 5) is 121. The predicted octanol–water partition coefficient (Wildman–Crippen LogP) is 7.12. The van der Waals surface area contributed by atoms with E-state index in [2.05, 4.69) is 35.7 Å². The first-order valence-electron chi connectivity index (χ1n) is 41.5. The summed E-state index contributed by atoms with van der Waals surface area (Å²) in [5.74, 6) is -3.08. The van der Waals surface area contributed by atoms with Crippen LogP contribution in [0.1, 0.15) is 143 Å². The molecule has 24 nitrogen and oxygen atoms in total. The fourth-order valence-corrected chi connectivity index (χ4v) is 12.6. The van der Waals surface area contributed by atoms with Gasteiger partial charge in [-0.3, -0.25) is 43.2 Å². The number of fused-ring (bicyclic) bond motifs is 3. The number of rotatable bonds is 18. The minimum Gasteiger partial charge on any atom is -0.489 e. The Morgan fingerprint density at radius 2 is 0.814 bits per heavy atom. The van der Waals surface area contributed by atoms with Crippen LogP contribution in [-0.2, 0) is 102 Å². The number of hydrogen-bond acceptors (Lipinski definition) is 15. The number of hydrogen-bond donors (Lipinski definition) is 3. The summed E-state index contributed by atoms with van der Waals surface area (Å²) in [5.41, 5.74) is 2.56. The first-order valence-corrected chi connectivity index (χ1v) is 32.9. The Morgan fingerprint density at radius 1 is 0.431 bits per heavy atom. The molecule has 24 heteroatoms. The molecule has 4 atom stereocenters. The highest BCUT2D eigenvalue weighted by atomic mass is 16.5. The zero-order chi connectivity index (χ0) is 85.9. The van der Waals surface area contributed by atoms with Gasteiger partial charge in [-0.2, -0.15) is 0 Å². The molecule has 102 heavy (non-hydrogen) atoms. The van der Waals surface area contributed by atoms with E-state index in [-0.39, 0.29) is 191 Å². The van der Waals surface area contributed by atoms with Crippen LogP contribution in [0.25, 0.3) is 0 Å². The number of nitrogens with one attached hydrogen (secondary N) is 3. The van der Waals surface area contributed by atoms with Crippen LogP contribution in [0.4, 0.5) is 0 Å². The summed E-state index contributed by atoms with van der Waals surface area (Å²) < 4.78 is 177. The molecular formula is C78H81N9O15. The number of benzene rings is 6. The second-order valence-electron chi connectivity index (χ2n) is 24.8.